The maximum absolute atomic E-state index is 9.91. The van der Waals surface area contributed by atoms with Gasteiger partial charge in [0.15, 0.2) is 0 Å². The predicted molar refractivity (Wildman–Crippen MR) is 66.4 cm³/mol. The predicted octanol–water partition coefficient (Wildman–Crippen LogP) is 2.26. The summed E-state index contributed by atoms with van der Waals surface area (Å²) >= 11 is 0. The minimum atomic E-state index is -0.487. The quantitative estimate of drug-likeness (QED) is 0.824. The lowest BCUT2D eigenvalue weighted by atomic mass is 10.1. The van der Waals surface area contributed by atoms with Crippen molar-refractivity contribution in [2.45, 2.75) is 39.3 Å². The summed E-state index contributed by atoms with van der Waals surface area (Å²) in [7, 11) is 0. The number of likely N-dealkylation sites (tertiary alicyclic amines) is 1. The van der Waals surface area contributed by atoms with Crippen molar-refractivity contribution in [3.8, 4) is 0 Å². The summed E-state index contributed by atoms with van der Waals surface area (Å²) in [6.07, 6.45) is 0.887. The maximum atomic E-state index is 9.91. The van der Waals surface area contributed by atoms with Crippen LogP contribution in [0.1, 0.15) is 30.0 Å². The Morgan fingerprint density at radius 3 is 2.38 bits per heavy atom. The first-order valence-corrected chi connectivity index (χ1v) is 5.97. The van der Waals surface area contributed by atoms with Crippen LogP contribution in [0.25, 0.3) is 0 Å². The fourth-order valence-corrected chi connectivity index (χ4v) is 2.59. The molecule has 1 saturated heterocycles. The van der Waals surface area contributed by atoms with Crippen LogP contribution in [0.15, 0.2) is 18.2 Å². The Morgan fingerprint density at radius 2 is 1.88 bits per heavy atom. The SMILES string of the molecule is Cc1cc(C)cc(CN2CCC(C)(O)C2)c1. The molecule has 1 fully saturated rings. The van der Waals surface area contributed by atoms with Crippen LogP contribution in [0.5, 0.6) is 0 Å². The van der Waals surface area contributed by atoms with Crippen LogP contribution in [0.2, 0.25) is 0 Å². The van der Waals surface area contributed by atoms with Crippen molar-refractivity contribution in [3.63, 3.8) is 0 Å². The number of aliphatic hydroxyl groups is 1. The van der Waals surface area contributed by atoms with E-state index in [1.54, 1.807) is 0 Å². The molecule has 0 bridgehead atoms. The Kier molecular flexibility index (Phi) is 3.04. The molecule has 1 heterocycles. The zero-order valence-electron chi connectivity index (χ0n) is 10.5. The van der Waals surface area contributed by atoms with E-state index in [1.165, 1.54) is 16.7 Å². The maximum Gasteiger partial charge on any atom is 0.0758 e. The second-order valence-corrected chi connectivity index (χ2v) is 5.45. The number of β-amino-alcohol motifs (C(OH)–C–C–N with tert-alkyl or cyclic N) is 1. The monoisotopic (exact) mass is 219 g/mol. The third kappa shape index (κ3) is 2.83. The normalized spacial score (nSPS) is 26.2. The molecule has 2 heteroatoms. The molecule has 0 amide bonds. The number of hydrogen-bond acceptors (Lipinski definition) is 2. The highest BCUT2D eigenvalue weighted by Gasteiger charge is 2.30. The average Bonchev–Trinajstić information content (AvgIpc) is 2.43. The van der Waals surface area contributed by atoms with Gasteiger partial charge in [0.05, 0.1) is 5.60 Å². The van der Waals surface area contributed by atoms with Gasteiger partial charge in [0.2, 0.25) is 0 Å². The van der Waals surface area contributed by atoms with Crippen molar-refractivity contribution in [3.05, 3.63) is 34.9 Å². The molecular weight excluding hydrogens is 198 g/mol. The minimum Gasteiger partial charge on any atom is -0.389 e. The van der Waals surface area contributed by atoms with Gasteiger partial charge < -0.3 is 5.11 Å². The van der Waals surface area contributed by atoms with Crippen molar-refractivity contribution in [1.82, 2.24) is 4.90 Å². The van der Waals surface area contributed by atoms with E-state index in [1.807, 2.05) is 6.92 Å². The van der Waals surface area contributed by atoms with E-state index in [0.717, 1.165) is 26.1 Å². The number of benzene rings is 1. The summed E-state index contributed by atoms with van der Waals surface area (Å²) < 4.78 is 0. The fraction of sp³-hybridized carbons (Fsp3) is 0.571. The summed E-state index contributed by atoms with van der Waals surface area (Å²) in [5.41, 5.74) is 3.51. The van der Waals surface area contributed by atoms with E-state index in [2.05, 4.69) is 36.9 Å². The van der Waals surface area contributed by atoms with Gasteiger partial charge in [-0.15, -0.1) is 0 Å². The van der Waals surface area contributed by atoms with E-state index >= 15 is 0 Å². The van der Waals surface area contributed by atoms with Crippen molar-refractivity contribution in [2.75, 3.05) is 13.1 Å². The van der Waals surface area contributed by atoms with Gasteiger partial charge in [-0.2, -0.15) is 0 Å². The Balaban J connectivity index is 2.05. The Labute approximate surface area is 97.9 Å². The molecule has 88 valence electrons. The van der Waals surface area contributed by atoms with E-state index < -0.39 is 5.60 Å². The van der Waals surface area contributed by atoms with Gasteiger partial charge in [-0.1, -0.05) is 29.3 Å². The lowest BCUT2D eigenvalue weighted by molar-refractivity contribution is 0.0679. The molecule has 0 saturated carbocycles. The molecule has 0 radical (unpaired) electrons. The zero-order chi connectivity index (χ0) is 11.8. The smallest absolute Gasteiger partial charge is 0.0758 e. The summed E-state index contributed by atoms with van der Waals surface area (Å²) in [6, 6.07) is 6.67. The van der Waals surface area contributed by atoms with Gasteiger partial charge in [-0.25, -0.2) is 0 Å². The molecule has 1 aliphatic rings. The molecule has 2 rings (SSSR count). The molecule has 1 unspecified atom stereocenters. The van der Waals surface area contributed by atoms with Crippen LogP contribution in [-0.2, 0) is 6.54 Å². The lowest BCUT2D eigenvalue weighted by Crippen LogP contribution is -2.29. The molecule has 0 aromatic heterocycles. The first-order chi connectivity index (χ1) is 7.44. The van der Waals surface area contributed by atoms with Gasteiger partial charge in [-0.05, 0) is 32.8 Å². The zero-order valence-corrected chi connectivity index (χ0v) is 10.5. The molecule has 1 N–H and O–H groups in total. The van der Waals surface area contributed by atoms with Crippen molar-refractivity contribution in [1.29, 1.82) is 0 Å². The first-order valence-electron chi connectivity index (χ1n) is 5.97. The van der Waals surface area contributed by atoms with Crippen molar-refractivity contribution >= 4 is 0 Å². The van der Waals surface area contributed by atoms with Crippen molar-refractivity contribution < 1.29 is 5.11 Å². The topological polar surface area (TPSA) is 23.5 Å². The highest BCUT2D eigenvalue weighted by atomic mass is 16.3. The van der Waals surface area contributed by atoms with Gasteiger partial charge >= 0.3 is 0 Å². The first kappa shape index (κ1) is 11.6. The van der Waals surface area contributed by atoms with Gasteiger partial charge in [-0.3, -0.25) is 4.90 Å². The second kappa shape index (κ2) is 4.19. The molecule has 1 aromatic carbocycles. The molecule has 1 atom stereocenters. The standard InChI is InChI=1S/C14H21NO/c1-11-6-12(2)8-13(7-11)9-15-5-4-14(3,16)10-15/h6-8,16H,4-5,9-10H2,1-3H3. The van der Waals surface area contributed by atoms with E-state index in [-0.39, 0.29) is 0 Å². The summed E-state index contributed by atoms with van der Waals surface area (Å²) in [6.45, 7) is 8.94. The molecule has 0 aliphatic carbocycles. The molecule has 1 aliphatic heterocycles. The number of aryl methyl sites for hydroxylation is 2. The second-order valence-electron chi connectivity index (χ2n) is 5.45. The van der Waals surface area contributed by atoms with Crippen LogP contribution in [0, 0.1) is 13.8 Å². The fourth-order valence-electron chi connectivity index (χ4n) is 2.59. The molecular formula is C14H21NO. The van der Waals surface area contributed by atoms with E-state index in [0.29, 0.717) is 0 Å². The Hall–Kier alpha value is -0.860. The van der Waals surface area contributed by atoms with Crippen LogP contribution in [0.4, 0.5) is 0 Å². The number of nitrogens with zero attached hydrogens (tertiary/aromatic N) is 1. The van der Waals surface area contributed by atoms with Gasteiger partial charge in [0.25, 0.3) is 0 Å². The van der Waals surface area contributed by atoms with E-state index in [9.17, 15) is 5.11 Å². The molecule has 2 nitrogen and oxygen atoms in total. The molecule has 1 aromatic rings. The number of rotatable bonds is 2. The third-order valence-corrected chi connectivity index (χ3v) is 3.22. The Bertz CT molecular complexity index is 364. The van der Waals surface area contributed by atoms with Crippen LogP contribution in [-0.4, -0.2) is 28.7 Å². The van der Waals surface area contributed by atoms with Crippen LogP contribution in [0.3, 0.4) is 0 Å². The third-order valence-electron chi connectivity index (χ3n) is 3.22. The molecule has 16 heavy (non-hydrogen) atoms. The minimum absolute atomic E-state index is 0.487. The average molecular weight is 219 g/mol. The van der Waals surface area contributed by atoms with Crippen LogP contribution < -0.4 is 0 Å². The summed E-state index contributed by atoms with van der Waals surface area (Å²) in [4.78, 5) is 2.33. The summed E-state index contributed by atoms with van der Waals surface area (Å²) in [5, 5.41) is 9.91. The van der Waals surface area contributed by atoms with E-state index in [4.69, 9.17) is 0 Å². The highest BCUT2D eigenvalue weighted by Crippen LogP contribution is 2.22. The molecule has 0 spiro atoms. The lowest BCUT2D eigenvalue weighted by Gasteiger charge is -2.19. The van der Waals surface area contributed by atoms with Crippen LogP contribution >= 0.6 is 0 Å². The van der Waals surface area contributed by atoms with Crippen molar-refractivity contribution in [2.24, 2.45) is 0 Å². The summed E-state index contributed by atoms with van der Waals surface area (Å²) in [5.74, 6) is 0. The largest absolute Gasteiger partial charge is 0.389 e. The number of hydrogen-bond donors (Lipinski definition) is 1. The highest BCUT2D eigenvalue weighted by molar-refractivity contribution is 5.28. The van der Waals surface area contributed by atoms with Gasteiger partial charge in [0.1, 0.15) is 0 Å². The van der Waals surface area contributed by atoms with Gasteiger partial charge in [0, 0.05) is 19.6 Å². The Morgan fingerprint density at radius 1 is 1.25 bits per heavy atom.